The molecule has 230 valence electrons. The monoisotopic (exact) mass is 656 g/mol. The highest BCUT2D eigenvalue weighted by atomic mass is 32.1. The van der Waals surface area contributed by atoms with Crippen molar-refractivity contribution in [2.75, 3.05) is 4.90 Å². The van der Waals surface area contributed by atoms with Crippen LogP contribution in [0.5, 0.6) is 0 Å². The van der Waals surface area contributed by atoms with E-state index < -0.39 is 83.3 Å². The maximum Gasteiger partial charge on any atom is 0.143 e. The van der Waals surface area contributed by atoms with Crippen LogP contribution in [0.4, 0.5) is 17.1 Å². The number of benzene rings is 8. The Morgan fingerprint density at radius 3 is 2.18 bits per heavy atom. The zero-order chi connectivity index (χ0) is 43.6. The van der Waals surface area contributed by atoms with Gasteiger partial charge in [0.25, 0.3) is 0 Å². The summed E-state index contributed by atoms with van der Waals surface area (Å²) in [5.74, 6) is 0. The van der Waals surface area contributed by atoms with E-state index in [-0.39, 0.29) is 29.0 Å². The lowest BCUT2D eigenvalue weighted by molar-refractivity contribution is 0.672. The first kappa shape index (κ1) is 17.8. The Bertz CT molecular complexity index is 3540. The zero-order valence-corrected chi connectivity index (χ0v) is 26.3. The Morgan fingerprint density at radius 2 is 1.29 bits per heavy atom. The number of hydrogen-bond acceptors (Lipinski definition) is 3. The van der Waals surface area contributed by atoms with Crippen LogP contribution in [0, 0.1) is 0 Å². The topological polar surface area (TPSA) is 16.4 Å². The van der Waals surface area contributed by atoms with Gasteiger partial charge in [-0.3, -0.25) is 0 Å². The molecule has 0 bridgehead atoms. The number of anilines is 3. The van der Waals surface area contributed by atoms with Crippen LogP contribution in [0.3, 0.4) is 0 Å². The summed E-state index contributed by atoms with van der Waals surface area (Å²) in [6, 6.07) is 21.3. The highest BCUT2D eigenvalue weighted by molar-refractivity contribution is 7.26. The Morgan fingerprint density at radius 1 is 0.531 bits per heavy atom. The number of furan rings is 1. The molecule has 10 aromatic rings. The molecule has 0 radical (unpaired) electrons. The van der Waals surface area contributed by atoms with E-state index in [1.54, 1.807) is 30.3 Å². The van der Waals surface area contributed by atoms with Crippen molar-refractivity contribution < 1.29 is 22.2 Å². The lowest BCUT2D eigenvalue weighted by Gasteiger charge is -2.27. The fourth-order valence-corrected chi connectivity index (χ4v) is 7.74. The third-order valence-corrected chi connectivity index (χ3v) is 9.92. The number of fused-ring (bicyclic) bond motifs is 8. The molecule has 49 heavy (non-hydrogen) atoms. The number of rotatable bonds is 5. The summed E-state index contributed by atoms with van der Waals surface area (Å²) in [4.78, 5) is 1.25. The molecular formula is C46H29NOS. The second kappa shape index (κ2) is 11.2. The predicted molar refractivity (Wildman–Crippen MR) is 210 cm³/mol. The SMILES string of the molecule is [2H]c1c([2H])c([2H])c(-c2c([2H])c([2H])c(N(c3c([2H])c([2H])c([2H])c(-c4cccc5c4sc4ccccc45)c3[2H])c3cccc4oc5c6ccccc6ccc5c34)c([2H])c2[2H])c([2H])c1[2H]. The van der Waals surface area contributed by atoms with Gasteiger partial charge >= 0.3 is 0 Å². The first-order valence-corrected chi connectivity index (χ1v) is 16.4. The van der Waals surface area contributed by atoms with Crippen LogP contribution < -0.4 is 4.90 Å². The van der Waals surface area contributed by atoms with Crippen LogP contribution in [-0.4, -0.2) is 0 Å². The lowest BCUT2D eigenvalue weighted by atomic mass is 10.0. The second-order valence-electron chi connectivity index (χ2n) is 11.5. The van der Waals surface area contributed by atoms with Gasteiger partial charge in [0.05, 0.1) is 28.9 Å². The van der Waals surface area contributed by atoms with E-state index in [1.807, 2.05) is 66.7 Å². The van der Waals surface area contributed by atoms with Gasteiger partial charge in [-0.2, -0.15) is 0 Å². The van der Waals surface area contributed by atoms with Crippen molar-refractivity contribution in [3.8, 4) is 22.3 Å². The van der Waals surface area contributed by atoms with Gasteiger partial charge in [-0.15, -0.1) is 11.3 Å². The molecule has 0 atom stereocenters. The quantitative estimate of drug-likeness (QED) is 0.183. The van der Waals surface area contributed by atoms with Gasteiger partial charge in [-0.05, 0) is 76.1 Å². The fourth-order valence-electron chi connectivity index (χ4n) is 6.52. The van der Waals surface area contributed by atoms with Crippen LogP contribution >= 0.6 is 11.3 Å². The van der Waals surface area contributed by atoms with Crippen molar-refractivity contribution in [2.24, 2.45) is 0 Å². The zero-order valence-electron chi connectivity index (χ0n) is 38.5. The standard InChI is InChI=1S/C46H29NOS/c1-2-11-30(12-3-1)31-23-26-34(27-24-31)47(41-20-10-21-42-44(41)40-28-25-32-13-4-5-16-36(32)45(40)48-42)35-15-8-14-33(29-35)37-18-9-19-39-38-17-6-7-22-43(38)49-46(37)39/h1-29H/i1D,2D,3D,8D,11D,12D,14D,15D,23D,24D,26D,27D,29D. The second-order valence-corrected chi connectivity index (χ2v) is 12.5. The smallest absolute Gasteiger partial charge is 0.143 e. The predicted octanol–water partition coefficient (Wildman–Crippen LogP) is 13.9. The van der Waals surface area contributed by atoms with Crippen LogP contribution in [0.15, 0.2) is 180 Å². The van der Waals surface area contributed by atoms with Crippen molar-refractivity contribution in [3.63, 3.8) is 0 Å². The summed E-state index contributed by atoms with van der Waals surface area (Å²) < 4.78 is 126. The van der Waals surface area contributed by atoms with E-state index in [2.05, 4.69) is 0 Å². The molecule has 0 aliphatic carbocycles. The molecule has 0 amide bonds. The molecular weight excluding hydrogens is 615 g/mol. The molecule has 0 N–H and O–H groups in total. The normalized spacial score (nSPS) is 15.4. The highest BCUT2D eigenvalue weighted by Crippen LogP contribution is 2.46. The summed E-state index contributed by atoms with van der Waals surface area (Å²) in [5, 5.41) is 4.55. The van der Waals surface area contributed by atoms with Crippen molar-refractivity contribution >= 4 is 81.3 Å². The van der Waals surface area contributed by atoms with Gasteiger partial charge in [0.1, 0.15) is 11.2 Å². The molecule has 0 unspecified atom stereocenters. The first-order valence-electron chi connectivity index (χ1n) is 22.0. The summed E-state index contributed by atoms with van der Waals surface area (Å²) >= 11 is 1.46. The minimum atomic E-state index is -0.740. The van der Waals surface area contributed by atoms with Crippen LogP contribution in [-0.2, 0) is 0 Å². The van der Waals surface area contributed by atoms with E-state index >= 15 is 0 Å². The van der Waals surface area contributed by atoms with Gasteiger partial charge in [-0.25, -0.2) is 0 Å². The van der Waals surface area contributed by atoms with Crippen LogP contribution in [0.25, 0.3) is 75.1 Å². The van der Waals surface area contributed by atoms with E-state index in [0.717, 1.165) is 30.9 Å². The van der Waals surface area contributed by atoms with Crippen molar-refractivity contribution in [1.29, 1.82) is 0 Å². The first-order chi connectivity index (χ1) is 29.7. The Labute approximate surface area is 306 Å². The van der Waals surface area contributed by atoms with Gasteiger partial charge < -0.3 is 9.32 Å². The number of thiophene rings is 1. The Hall–Kier alpha value is -6.16. The average molecular weight is 657 g/mol. The van der Waals surface area contributed by atoms with Crippen molar-refractivity contribution in [2.45, 2.75) is 0 Å². The average Bonchev–Trinajstić information content (AvgIpc) is 3.86. The van der Waals surface area contributed by atoms with Gasteiger partial charge in [0.15, 0.2) is 0 Å². The molecule has 0 aliphatic rings. The fraction of sp³-hybridized carbons (Fsp3) is 0. The summed E-state index contributed by atoms with van der Waals surface area (Å²) in [6.45, 7) is 0. The molecule has 2 aromatic heterocycles. The molecule has 2 nitrogen and oxygen atoms in total. The summed E-state index contributed by atoms with van der Waals surface area (Å²) in [6.07, 6.45) is 0. The van der Waals surface area contributed by atoms with Crippen LogP contribution in [0.1, 0.15) is 17.8 Å². The maximum absolute atomic E-state index is 9.98. The molecule has 2 heterocycles. The number of hydrogen-bond donors (Lipinski definition) is 0. The van der Waals surface area contributed by atoms with Crippen molar-refractivity contribution in [3.05, 3.63) is 176 Å². The largest absolute Gasteiger partial charge is 0.455 e. The molecule has 8 aromatic carbocycles. The minimum absolute atomic E-state index is 0.0179. The van der Waals surface area contributed by atoms with Crippen LogP contribution in [0.2, 0.25) is 0 Å². The van der Waals surface area contributed by atoms with Gasteiger partial charge in [0, 0.05) is 42.3 Å². The number of nitrogens with zero attached hydrogens (tertiary/aromatic N) is 1. The van der Waals surface area contributed by atoms with Gasteiger partial charge in [-0.1, -0.05) is 127 Å². The van der Waals surface area contributed by atoms with Gasteiger partial charge in [0.2, 0.25) is 0 Å². The van der Waals surface area contributed by atoms with Crippen molar-refractivity contribution in [1.82, 2.24) is 0 Å². The molecule has 0 saturated heterocycles. The Kier molecular flexibility index (Phi) is 4.09. The van der Waals surface area contributed by atoms with E-state index in [1.165, 1.54) is 16.2 Å². The van der Waals surface area contributed by atoms with E-state index in [9.17, 15) is 11.0 Å². The lowest BCUT2D eigenvalue weighted by Crippen LogP contribution is -2.10. The van der Waals surface area contributed by atoms with E-state index in [4.69, 9.17) is 11.3 Å². The summed E-state index contributed by atoms with van der Waals surface area (Å²) in [5.41, 5.74) is -0.266. The molecule has 10 rings (SSSR count). The molecule has 0 aliphatic heterocycles. The molecule has 0 fully saturated rings. The third kappa shape index (κ3) is 4.55. The molecule has 0 saturated carbocycles. The minimum Gasteiger partial charge on any atom is -0.455 e. The highest BCUT2D eigenvalue weighted by Gasteiger charge is 2.21. The molecule has 0 spiro atoms. The third-order valence-electron chi connectivity index (χ3n) is 8.70. The van der Waals surface area contributed by atoms with E-state index in [0.29, 0.717) is 27.5 Å². The summed E-state index contributed by atoms with van der Waals surface area (Å²) in [7, 11) is 0. The Balaban J connectivity index is 1.35. The molecule has 3 heteroatoms. The maximum atomic E-state index is 9.98.